The SMILES string of the molecule is C[O][Ti+2]([c]1ccccc1)([c]1ccccc1)[c]1c(C2c3ccccc3-c3ccccc32)ccc2ccccc12.[Cl-].[Cl-]. The van der Waals surface area contributed by atoms with Crippen LogP contribution in [0.4, 0.5) is 0 Å². The number of hydrogen-bond acceptors (Lipinski definition) is 1. The van der Waals surface area contributed by atoms with E-state index in [0.717, 1.165) is 0 Å². The molecular formula is C36H28Cl2OTi. The van der Waals surface area contributed by atoms with Crippen molar-refractivity contribution in [3.63, 3.8) is 0 Å². The minimum atomic E-state index is -3.66. The first-order valence-corrected chi connectivity index (χ1v) is 16.2. The van der Waals surface area contributed by atoms with Crippen LogP contribution in [0.3, 0.4) is 0 Å². The number of rotatable bonds is 5. The first-order valence-electron chi connectivity index (χ1n) is 13.2. The molecule has 0 N–H and O–H groups in total. The molecule has 0 aromatic heterocycles. The van der Waals surface area contributed by atoms with E-state index in [9.17, 15) is 0 Å². The molecule has 0 fully saturated rings. The van der Waals surface area contributed by atoms with Crippen molar-refractivity contribution in [2.75, 3.05) is 7.11 Å². The van der Waals surface area contributed by atoms with Gasteiger partial charge in [-0.15, -0.1) is 0 Å². The third-order valence-electron chi connectivity index (χ3n) is 8.12. The molecule has 0 bridgehead atoms. The number of fused-ring (bicyclic) bond motifs is 4. The summed E-state index contributed by atoms with van der Waals surface area (Å²) in [5, 5.41) is 2.55. The summed E-state index contributed by atoms with van der Waals surface area (Å²) in [6.45, 7) is 0. The van der Waals surface area contributed by atoms with Crippen LogP contribution < -0.4 is 36.4 Å². The fourth-order valence-electron chi connectivity index (χ4n) is 6.55. The maximum atomic E-state index is 6.97. The monoisotopic (exact) mass is 594 g/mol. The molecule has 0 radical (unpaired) electrons. The first kappa shape index (κ1) is 28.4. The molecule has 4 heteroatoms. The first-order chi connectivity index (χ1) is 18.8. The summed E-state index contributed by atoms with van der Waals surface area (Å²) in [5.74, 6) is 0.148. The van der Waals surface area contributed by atoms with Crippen molar-refractivity contribution >= 4 is 22.4 Å². The maximum absolute atomic E-state index is 6.97. The Morgan fingerprint density at radius 2 is 0.950 bits per heavy atom. The van der Waals surface area contributed by atoms with Crippen LogP contribution in [0, 0.1) is 0 Å². The summed E-state index contributed by atoms with van der Waals surface area (Å²) < 4.78 is 11.0. The average Bonchev–Trinajstić information content (AvgIpc) is 3.33. The summed E-state index contributed by atoms with van der Waals surface area (Å²) in [6, 6.07) is 53.3. The molecule has 1 aliphatic rings. The van der Waals surface area contributed by atoms with Gasteiger partial charge in [-0.1, -0.05) is 0 Å². The smallest absolute Gasteiger partial charge is 1.00 e. The van der Waals surface area contributed by atoms with Gasteiger partial charge in [0, 0.05) is 0 Å². The molecule has 6 aromatic carbocycles. The second-order valence-electron chi connectivity index (χ2n) is 9.98. The molecule has 0 heterocycles. The fourth-order valence-corrected chi connectivity index (χ4v) is 13.0. The van der Waals surface area contributed by atoms with Gasteiger partial charge in [-0.2, -0.15) is 0 Å². The van der Waals surface area contributed by atoms with Crippen molar-refractivity contribution in [2.45, 2.75) is 5.92 Å². The standard InChI is InChI=1S/C23H15.2C6H5.CH3O.2ClH.Ti/c1-2-8-17-15-18(14-13-16(17)7-1)23-21-11-5-3-9-19(21)20-10-4-6-12-22(20)23;2*1-2-4-6-5-3-1;1-2;;;/h1-14,23H;2*1-5H;1H3;2*1H;/q;;;-1;;;+3/p-2. The molecule has 6 aromatic rings. The van der Waals surface area contributed by atoms with Gasteiger partial charge in [-0.3, -0.25) is 0 Å². The minimum absolute atomic E-state index is 0. The molecule has 0 atom stereocenters. The van der Waals surface area contributed by atoms with Gasteiger partial charge < -0.3 is 24.8 Å². The van der Waals surface area contributed by atoms with Crippen LogP contribution >= 0.6 is 0 Å². The van der Waals surface area contributed by atoms with E-state index in [1.165, 1.54) is 50.2 Å². The molecule has 0 spiro atoms. The van der Waals surface area contributed by atoms with Crippen LogP contribution in [-0.2, 0) is 20.3 Å². The Kier molecular flexibility index (Phi) is 8.33. The fraction of sp³-hybridized carbons (Fsp3) is 0.0556. The zero-order valence-corrected chi connectivity index (χ0v) is 25.2. The van der Waals surface area contributed by atoms with Gasteiger partial charge in [-0.25, -0.2) is 0 Å². The second kappa shape index (κ2) is 11.7. The van der Waals surface area contributed by atoms with E-state index in [-0.39, 0.29) is 30.7 Å². The second-order valence-corrected chi connectivity index (χ2v) is 15.3. The van der Waals surface area contributed by atoms with Crippen LogP contribution in [0.1, 0.15) is 22.6 Å². The third-order valence-corrected chi connectivity index (χ3v) is 14.6. The summed E-state index contributed by atoms with van der Waals surface area (Å²) in [5.41, 5.74) is 6.78. The molecule has 0 amide bonds. The summed E-state index contributed by atoms with van der Waals surface area (Å²) in [7, 11) is 1.93. The van der Waals surface area contributed by atoms with Crippen molar-refractivity contribution in [1.82, 2.24) is 0 Å². The molecule has 0 saturated heterocycles. The molecule has 0 aliphatic heterocycles. The molecule has 1 aliphatic carbocycles. The van der Waals surface area contributed by atoms with E-state index in [1.54, 1.807) is 0 Å². The molecular weight excluding hydrogens is 567 g/mol. The van der Waals surface area contributed by atoms with Gasteiger partial charge >= 0.3 is 229 Å². The van der Waals surface area contributed by atoms with Crippen molar-refractivity contribution in [3.05, 3.63) is 162 Å². The molecule has 7 rings (SSSR count). The van der Waals surface area contributed by atoms with E-state index < -0.39 is 17.0 Å². The van der Waals surface area contributed by atoms with E-state index in [2.05, 4.69) is 146 Å². The Bertz CT molecular complexity index is 1680. The molecule has 0 unspecified atom stereocenters. The molecule has 40 heavy (non-hydrogen) atoms. The Balaban J connectivity index is 0.00000161. The van der Waals surface area contributed by atoms with Gasteiger partial charge in [-0.05, 0) is 0 Å². The third kappa shape index (κ3) is 4.34. The largest absolute Gasteiger partial charge is 1.00 e. The summed E-state index contributed by atoms with van der Waals surface area (Å²) in [4.78, 5) is 0. The van der Waals surface area contributed by atoms with Crippen molar-refractivity contribution in [2.24, 2.45) is 0 Å². The Labute approximate surface area is 252 Å². The van der Waals surface area contributed by atoms with Gasteiger partial charge in [0.1, 0.15) is 0 Å². The normalized spacial score (nSPS) is 11.8. The number of benzene rings is 6. The predicted molar refractivity (Wildman–Crippen MR) is 156 cm³/mol. The number of hydrogen-bond donors (Lipinski definition) is 0. The van der Waals surface area contributed by atoms with Crippen LogP contribution in [-0.4, -0.2) is 7.11 Å². The Morgan fingerprint density at radius 3 is 1.50 bits per heavy atom. The summed E-state index contributed by atoms with van der Waals surface area (Å²) >= 11 is -3.66. The van der Waals surface area contributed by atoms with Gasteiger partial charge in [0.15, 0.2) is 0 Å². The zero-order valence-electron chi connectivity index (χ0n) is 22.1. The van der Waals surface area contributed by atoms with E-state index in [1.807, 2.05) is 7.11 Å². The van der Waals surface area contributed by atoms with Gasteiger partial charge in [0.05, 0.1) is 0 Å². The van der Waals surface area contributed by atoms with E-state index in [0.29, 0.717) is 0 Å². The molecule has 1 nitrogen and oxygen atoms in total. The number of halogens is 2. The van der Waals surface area contributed by atoms with Crippen LogP contribution in [0.5, 0.6) is 0 Å². The van der Waals surface area contributed by atoms with Crippen molar-refractivity contribution in [3.8, 4) is 11.1 Å². The van der Waals surface area contributed by atoms with E-state index >= 15 is 0 Å². The maximum Gasteiger partial charge on any atom is -1.00 e. The topological polar surface area (TPSA) is 9.23 Å². The van der Waals surface area contributed by atoms with Crippen LogP contribution in [0.15, 0.2) is 146 Å². The van der Waals surface area contributed by atoms with Crippen molar-refractivity contribution < 1.29 is 45.1 Å². The Hall–Kier alpha value is -3.17. The average molecular weight is 595 g/mol. The molecule has 0 saturated carbocycles. The van der Waals surface area contributed by atoms with Crippen LogP contribution in [0.2, 0.25) is 0 Å². The Morgan fingerprint density at radius 1 is 0.475 bits per heavy atom. The molecule has 196 valence electrons. The van der Waals surface area contributed by atoms with Gasteiger partial charge in [0.2, 0.25) is 0 Å². The zero-order chi connectivity index (χ0) is 25.5. The van der Waals surface area contributed by atoms with Crippen LogP contribution in [0.25, 0.3) is 21.9 Å². The van der Waals surface area contributed by atoms with Gasteiger partial charge in [0.25, 0.3) is 0 Å². The quantitative estimate of drug-likeness (QED) is 0.270. The van der Waals surface area contributed by atoms with Crippen molar-refractivity contribution in [1.29, 1.82) is 0 Å². The minimum Gasteiger partial charge on any atom is -1.00 e. The summed E-state index contributed by atoms with van der Waals surface area (Å²) in [6.07, 6.45) is 0. The van der Waals surface area contributed by atoms with E-state index in [4.69, 9.17) is 3.32 Å². The predicted octanol–water partition coefficient (Wildman–Crippen LogP) is 1.00.